The van der Waals surface area contributed by atoms with E-state index in [0.29, 0.717) is 5.02 Å². The number of amides is 2. The summed E-state index contributed by atoms with van der Waals surface area (Å²) >= 11 is 6.08. The predicted molar refractivity (Wildman–Crippen MR) is 96.4 cm³/mol. The van der Waals surface area contributed by atoms with Crippen LogP contribution in [0.3, 0.4) is 0 Å². The average molecular weight is 372 g/mol. The number of carbonyl (C=O) groups is 2. The summed E-state index contributed by atoms with van der Waals surface area (Å²) in [5.74, 6) is -0.411. The Morgan fingerprint density at radius 1 is 1.42 bits per heavy atom. The lowest BCUT2D eigenvalue weighted by Gasteiger charge is -2.28. The van der Waals surface area contributed by atoms with Gasteiger partial charge >= 0.3 is 0 Å². The molecule has 7 heteroatoms. The second-order valence-corrected chi connectivity index (χ2v) is 6.80. The summed E-state index contributed by atoms with van der Waals surface area (Å²) in [6, 6.07) is 7.31. The van der Waals surface area contributed by atoms with Crippen LogP contribution in [0.5, 0.6) is 0 Å². The van der Waals surface area contributed by atoms with Crippen molar-refractivity contribution < 1.29 is 9.59 Å². The molecule has 0 aromatic heterocycles. The standard InChI is InChI=1S/C17H22ClN3O2.ClH/c1-21-15(22)9-14(16(21)11-4-2-5-12(18)8-11)17(23)20-13-6-3-7-19-10-13;/h2,4-5,8,13-14,16,19H,3,6-7,9-10H2,1H3,(H,20,23);1H/t13-,14?,16?;/m0./s1. The Balaban J connectivity index is 0.00000208. The van der Waals surface area contributed by atoms with Gasteiger partial charge < -0.3 is 15.5 Å². The molecule has 0 aliphatic carbocycles. The van der Waals surface area contributed by atoms with Gasteiger partial charge in [0.05, 0.1) is 12.0 Å². The molecule has 132 valence electrons. The molecule has 2 heterocycles. The largest absolute Gasteiger partial charge is 0.352 e. The van der Waals surface area contributed by atoms with Gasteiger partial charge in [-0.05, 0) is 37.1 Å². The van der Waals surface area contributed by atoms with Crippen LogP contribution in [0.4, 0.5) is 0 Å². The minimum absolute atomic E-state index is 0. The van der Waals surface area contributed by atoms with Gasteiger partial charge in [0.1, 0.15) is 0 Å². The smallest absolute Gasteiger partial charge is 0.226 e. The predicted octanol–water partition coefficient (Wildman–Crippen LogP) is 2.15. The lowest BCUT2D eigenvalue weighted by atomic mass is 9.92. The molecular formula is C17H23Cl2N3O2. The van der Waals surface area contributed by atoms with Crippen LogP contribution in [0.25, 0.3) is 0 Å². The number of carbonyl (C=O) groups excluding carboxylic acids is 2. The topological polar surface area (TPSA) is 61.4 Å². The number of benzene rings is 1. The zero-order chi connectivity index (χ0) is 16.4. The molecule has 5 nitrogen and oxygen atoms in total. The van der Waals surface area contributed by atoms with E-state index < -0.39 is 0 Å². The van der Waals surface area contributed by atoms with Gasteiger partial charge in [0.25, 0.3) is 0 Å². The Labute approximate surface area is 153 Å². The van der Waals surface area contributed by atoms with Gasteiger partial charge in [-0.1, -0.05) is 23.7 Å². The lowest BCUT2D eigenvalue weighted by Crippen LogP contribution is -2.48. The summed E-state index contributed by atoms with van der Waals surface area (Å²) in [5.41, 5.74) is 0.910. The van der Waals surface area contributed by atoms with E-state index in [1.165, 1.54) is 0 Å². The van der Waals surface area contributed by atoms with Gasteiger partial charge in [-0.15, -0.1) is 12.4 Å². The molecule has 3 atom stereocenters. The fraction of sp³-hybridized carbons (Fsp3) is 0.529. The van der Waals surface area contributed by atoms with Crippen molar-refractivity contribution in [1.29, 1.82) is 0 Å². The quantitative estimate of drug-likeness (QED) is 0.855. The van der Waals surface area contributed by atoms with E-state index in [0.717, 1.165) is 31.5 Å². The van der Waals surface area contributed by atoms with Crippen molar-refractivity contribution in [2.75, 3.05) is 20.1 Å². The molecule has 1 aromatic carbocycles. The van der Waals surface area contributed by atoms with Crippen molar-refractivity contribution in [1.82, 2.24) is 15.5 Å². The Morgan fingerprint density at radius 3 is 2.88 bits per heavy atom. The van der Waals surface area contributed by atoms with Crippen molar-refractivity contribution in [3.8, 4) is 0 Å². The Morgan fingerprint density at radius 2 is 2.21 bits per heavy atom. The second-order valence-electron chi connectivity index (χ2n) is 6.37. The first-order valence-electron chi connectivity index (χ1n) is 8.08. The summed E-state index contributed by atoms with van der Waals surface area (Å²) in [7, 11) is 1.75. The molecule has 2 aliphatic heterocycles. The lowest BCUT2D eigenvalue weighted by molar-refractivity contribution is -0.128. The van der Waals surface area contributed by atoms with Gasteiger partial charge in [-0.2, -0.15) is 0 Å². The van der Waals surface area contributed by atoms with Crippen LogP contribution < -0.4 is 10.6 Å². The maximum atomic E-state index is 12.7. The zero-order valence-electron chi connectivity index (χ0n) is 13.6. The third kappa shape index (κ3) is 4.02. The SMILES string of the molecule is CN1C(=O)CC(C(=O)N[C@H]2CCCNC2)C1c1cccc(Cl)c1.Cl. The Bertz CT molecular complexity index is 605. The minimum Gasteiger partial charge on any atom is -0.352 e. The van der Waals surface area contributed by atoms with Crippen LogP contribution in [0.15, 0.2) is 24.3 Å². The van der Waals surface area contributed by atoms with Crippen molar-refractivity contribution in [2.24, 2.45) is 5.92 Å². The number of hydrogen-bond donors (Lipinski definition) is 2. The molecule has 2 amide bonds. The average Bonchev–Trinajstić information content (AvgIpc) is 2.84. The Hall–Kier alpha value is -1.30. The van der Waals surface area contributed by atoms with E-state index in [9.17, 15) is 9.59 Å². The Kier molecular flexibility index (Phi) is 6.49. The molecule has 1 aromatic rings. The van der Waals surface area contributed by atoms with Crippen LogP contribution >= 0.6 is 24.0 Å². The molecular weight excluding hydrogens is 349 g/mol. The number of nitrogens with zero attached hydrogens (tertiary/aromatic N) is 1. The highest BCUT2D eigenvalue weighted by atomic mass is 35.5. The van der Waals surface area contributed by atoms with Gasteiger partial charge in [0, 0.05) is 31.1 Å². The fourth-order valence-electron chi connectivity index (χ4n) is 3.53. The highest BCUT2D eigenvalue weighted by Gasteiger charge is 2.43. The molecule has 2 N–H and O–H groups in total. The zero-order valence-corrected chi connectivity index (χ0v) is 15.2. The first-order valence-corrected chi connectivity index (χ1v) is 8.46. The maximum Gasteiger partial charge on any atom is 0.226 e. The summed E-state index contributed by atoms with van der Waals surface area (Å²) in [4.78, 5) is 26.5. The monoisotopic (exact) mass is 371 g/mol. The molecule has 0 saturated carbocycles. The first-order chi connectivity index (χ1) is 11.1. The summed E-state index contributed by atoms with van der Waals surface area (Å²) in [6.07, 6.45) is 2.29. The van der Waals surface area contributed by atoms with Crippen LogP contribution in [-0.2, 0) is 9.59 Å². The van der Waals surface area contributed by atoms with Crippen molar-refractivity contribution >= 4 is 35.8 Å². The van der Waals surface area contributed by atoms with Crippen molar-refractivity contribution in [2.45, 2.75) is 31.3 Å². The van der Waals surface area contributed by atoms with Crippen LogP contribution in [0, 0.1) is 5.92 Å². The van der Waals surface area contributed by atoms with Crippen LogP contribution in [-0.4, -0.2) is 42.9 Å². The number of halogens is 2. The number of nitrogens with one attached hydrogen (secondary N) is 2. The van der Waals surface area contributed by atoms with E-state index in [1.54, 1.807) is 18.0 Å². The summed E-state index contributed by atoms with van der Waals surface area (Å²) in [6.45, 7) is 1.80. The molecule has 0 bridgehead atoms. The second kappa shape index (κ2) is 8.19. The molecule has 2 saturated heterocycles. The number of hydrogen-bond acceptors (Lipinski definition) is 3. The summed E-state index contributed by atoms with van der Waals surface area (Å²) < 4.78 is 0. The van der Waals surface area contributed by atoms with Gasteiger partial charge in [0.2, 0.25) is 11.8 Å². The van der Waals surface area contributed by atoms with Gasteiger partial charge in [0.15, 0.2) is 0 Å². The number of piperidine rings is 1. The fourth-order valence-corrected chi connectivity index (χ4v) is 3.73. The third-order valence-corrected chi connectivity index (χ3v) is 4.99. The molecule has 24 heavy (non-hydrogen) atoms. The van der Waals surface area contributed by atoms with E-state index in [1.807, 2.05) is 18.2 Å². The van der Waals surface area contributed by atoms with Gasteiger partial charge in [-0.25, -0.2) is 0 Å². The van der Waals surface area contributed by atoms with E-state index in [-0.39, 0.29) is 48.6 Å². The highest BCUT2D eigenvalue weighted by molar-refractivity contribution is 6.30. The molecule has 2 aliphatic rings. The maximum absolute atomic E-state index is 12.7. The van der Waals surface area contributed by atoms with Gasteiger partial charge in [-0.3, -0.25) is 9.59 Å². The van der Waals surface area contributed by atoms with E-state index >= 15 is 0 Å². The number of likely N-dealkylation sites (tertiary alicyclic amines) is 1. The molecule has 0 radical (unpaired) electrons. The third-order valence-electron chi connectivity index (χ3n) is 4.76. The van der Waals surface area contributed by atoms with Crippen LogP contribution in [0.1, 0.15) is 30.9 Å². The van der Waals surface area contributed by atoms with Crippen molar-refractivity contribution in [3.05, 3.63) is 34.9 Å². The summed E-state index contributed by atoms with van der Waals surface area (Å²) in [5, 5.41) is 7.01. The minimum atomic E-state index is -0.368. The molecule has 2 unspecified atom stereocenters. The van der Waals surface area contributed by atoms with E-state index in [2.05, 4.69) is 10.6 Å². The first kappa shape index (κ1) is 19.0. The molecule has 2 fully saturated rings. The highest BCUT2D eigenvalue weighted by Crippen LogP contribution is 2.37. The molecule has 0 spiro atoms. The molecule has 3 rings (SSSR count). The van der Waals surface area contributed by atoms with Crippen LogP contribution in [0.2, 0.25) is 5.02 Å². The number of rotatable bonds is 3. The normalized spacial score (nSPS) is 26.8. The van der Waals surface area contributed by atoms with E-state index in [4.69, 9.17) is 11.6 Å². The van der Waals surface area contributed by atoms with Crippen molar-refractivity contribution in [3.63, 3.8) is 0 Å².